The minimum atomic E-state index is -1.17. The summed E-state index contributed by atoms with van der Waals surface area (Å²) in [7, 11) is 0. The average Bonchev–Trinajstić information content (AvgIpc) is 2.77. The summed E-state index contributed by atoms with van der Waals surface area (Å²) in [5.74, 6) is -1.25. The van der Waals surface area contributed by atoms with Crippen LogP contribution < -0.4 is 5.73 Å². The third-order valence-corrected chi connectivity index (χ3v) is 3.65. The maximum Gasteiger partial charge on any atom is 0.410 e. The molecule has 0 aliphatic carbocycles. The molecule has 9 nitrogen and oxygen atoms in total. The van der Waals surface area contributed by atoms with Crippen molar-refractivity contribution in [3.63, 3.8) is 0 Å². The average molecular weight is 333 g/mol. The predicted octanol–water partition coefficient (Wildman–Crippen LogP) is 1.30. The lowest BCUT2D eigenvalue weighted by Gasteiger charge is -2.30. The second-order valence-corrected chi connectivity index (χ2v) is 6.70. The number of carbonyl (C=O) groups excluding carboxylic acids is 1. The Morgan fingerprint density at radius 3 is 2.71 bits per heavy atom. The fraction of sp³-hybridized carbons (Fsp3) is 0.467. The molecule has 3 N–H and O–H groups in total. The van der Waals surface area contributed by atoms with E-state index in [2.05, 4.69) is 10.1 Å². The summed E-state index contributed by atoms with van der Waals surface area (Å²) in [4.78, 5) is 29.5. The van der Waals surface area contributed by atoms with Gasteiger partial charge in [0.05, 0.1) is 12.2 Å². The van der Waals surface area contributed by atoms with E-state index < -0.39 is 11.6 Å². The fourth-order valence-corrected chi connectivity index (χ4v) is 2.62. The van der Waals surface area contributed by atoms with E-state index in [0.717, 1.165) is 11.3 Å². The highest BCUT2D eigenvalue weighted by Crippen LogP contribution is 2.23. The largest absolute Gasteiger partial charge is 0.477 e. The lowest BCUT2D eigenvalue weighted by Crippen LogP contribution is -2.40. The molecule has 0 bridgehead atoms. The maximum absolute atomic E-state index is 12.2. The molecule has 0 unspecified atom stereocenters. The van der Waals surface area contributed by atoms with Crippen LogP contribution in [0.15, 0.2) is 6.20 Å². The van der Waals surface area contributed by atoms with E-state index in [1.165, 1.54) is 4.52 Å². The number of fused-ring (bicyclic) bond motifs is 2. The van der Waals surface area contributed by atoms with Crippen molar-refractivity contribution in [3.8, 4) is 0 Å². The molecular weight excluding hydrogens is 314 g/mol. The molecule has 2 aromatic rings. The van der Waals surface area contributed by atoms with Crippen molar-refractivity contribution in [2.75, 3.05) is 12.3 Å². The Bertz CT molecular complexity index is 836. The fourth-order valence-electron chi connectivity index (χ4n) is 2.62. The molecule has 0 saturated heterocycles. The molecule has 2 aromatic heterocycles. The third kappa shape index (κ3) is 2.84. The first kappa shape index (κ1) is 16.0. The van der Waals surface area contributed by atoms with Gasteiger partial charge in [-0.05, 0) is 20.8 Å². The van der Waals surface area contributed by atoms with E-state index in [0.29, 0.717) is 19.5 Å². The van der Waals surface area contributed by atoms with Gasteiger partial charge in [0.25, 0.3) is 0 Å². The van der Waals surface area contributed by atoms with Crippen molar-refractivity contribution in [2.24, 2.45) is 0 Å². The summed E-state index contributed by atoms with van der Waals surface area (Å²) < 4.78 is 6.72. The van der Waals surface area contributed by atoms with Gasteiger partial charge in [0, 0.05) is 24.7 Å². The Kier molecular flexibility index (Phi) is 3.58. The molecule has 1 aliphatic heterocycles. The highest BCUT2D eigenvalue weighted by atomic mass is 16.6. The molecule has 0 saturated carbocycles. The van der Waals surface area contributed by atoms with Crippen molar-refractivity contribution in [1.29, 1.82) is 0 Å². The quantitative estimate of drug-likeness (QED) is 0.806. The van der Waals surface area contributed by atoms with Crippen LogP contribution in [0.4, 0.5) is 10.6 Å². The number of hydrogen-bond acceptors (Lipinski definition) is 6. The molecule has 3 rings (SSSR count). The lowest BCUT2D eigenvalue weighted by molar-refractivity contribution is 0.0222. The van der Waals surface area contributed by atoms with Gasteiger partial charge in [-0.15, -0.1) is 5.10 Å². The summed E-state index contributed by atoms with van der Waals surface area (Å²) in [5.41, 5.74) is 6.74. The molecular formula is C15H19N5O4. The molecule has 0 fully saturated rings. The number of nitrogens with two attached hydrogens (primary N) is 1. The molecule has 1 amide bonds. The number of carboxylic acids is 1. The summed E-state index contributed by atoms with van der Waals surface area (Å²) in [6.07, 6.45) is 1.78. The number of aromatic carboxylic acids is 1. The van der Waals surface area contributed by atoms with E-state index in [4.69, 9.17) is 10.5 Å². The van der Waals surface area contributed by atoms with E-state index in [-0.39, 0.29) is 23.1 Å². The second-order valence-electron chi connectivity index (χ2n) is 6.70. The number of rotatable bonds is 1. The van der Waals surface area contributed by atoms with E-state index >= 15 is 0 Å². The van der Waals surface area contributed by atoms with Gasteiger partial charge < -0.3 is 20.5 Å². The molecule has 1 aliphatic rings. The number of nitrogens with zero attached hydrogens (tertiary/aromatic N) is 4. The van der Waals surface area contributed by atoms with Gasteiger partial charge in [-0.25, -0.2) is 19.1 Å². The number of amides is 1. The minimum Gasteiger partial charge on any atom is -0.477 e. The standard InChI is InChI=1S/C15H19N5O4/c1-15(2,3)24-14(23)19-5-4-9-8(6-19)7-20-12(17-9)10(13(21)22)11(16)18-20/h7H,4-6H2,1-3H3,(H2,16,18)(H,21,22). The van der Waals surface area contributed by atoms with Crippen LogP contribution in [0.3, 0.4) is 0 Å². The Morgan fingerprint density at radius 2 is 2.08 bits per heavy atom. The Labute approximate surface area is 138 Å². The summed E-state index contributed by atoms with van der Waals surface area (Å²) in [6.45, 7) is 6.22. The SMILES string of the molecule is CC(C)(C)OC(=O)N1CCc2nc3c(C(=O)O)c(N)nn3cc2C1. The minimum absolute atomic E-state index is 0.0821. The Morgan fingerprint density at radius 1 is 1.38 bits per heavy atom. The van der Waals surface area contributed by atoms with Gasteiger partial charge in [-0.1, -0.05) is 0 Å². The van der Waals surface area contributed by atoms with Crippen molar-refractivity contribution in [2.45, 2.75) is 39.3 Å². The van der Waals surface area contributed by atoms with Gasteiger partial charge in [0.15, 0.2) is 11.5 Å². The lowest BCUT2D eigenvalue weighted by atomic mass is 10.1. The highest BCUT2D eigenvalue weighted by Gasteiger charge is 2.28. The van der Waals surface area contributed by atoms with Crippen molar-refractivity contribution in [3.05, 3.63) is 23.0 Å². The van der Waals surface area contributed by atoms with Gasteiger partial charge in [0.2, 0.25) is 0 Å². The number of nitrogen functional groups attached to an aromatic ring is 1. The molecule has 24 heavy (non-hydrogen) atoms. The van der Waals surface area contributed by atoms with Gasteiger partial charge in [-0.2, -0.15) is 0 Å². The summed E-state index contributed by atoms with van der Waals surface area (Å²) in [5, 5.41) is 13.2. The van der Waals surface area contributed by atoms with E-state index in [1.807, 2.05) is 20.8 Å². The predicted molar refractivity (Wildman–Crippen MR) is 84.7 cm³/mol. The van der Waals surface area contributed by atoms with Crippen LogP contribution in [-0.4, -0.2) is 48.8 Å². The highest BCUT2D eigenvalue weighted by molar-refractivity contribution is 5.99. The van der Waals surface area contributed by atoms with Crippen molar-refractivity contribution < 1.29 is 19.4 Å². The summed E-state index contributed by atoms with van der Waals surface area (Å²) >= 11 is 0. The monoisotopic (exact) mass is 333 g/mol. The number of hydrogen-bond donors (Lipinski definition) is 2. The van der Waals surface area contributed by atoms with E-state index in [1.54, 1.807) is 11.1 Å². The topological polar surface area (TPSA) is 123 Å². The smallest absolute Gasteiger partial charge is 0.410 e. The van der Waals surface area contributed by atoms with Crippen LogP contribution >= 0.6 is 0 Å². The molecule has 0 aromatic carbocycles. The number of ether oxygens (including phenoxy) is 1. The van der Waals surface area contributed by atoms with Crippen LogP contribution in [0, 0.1) is 0 Å². The molecule has 0 radical (unpaired) electrons. The van der Waals surface area contributed by atoms with Gasteiger partial charge >= 0.3 is 12.1 Å². The zero-order valence-corrected chi connectivity index (χ0v) is 13.7. The number of anilines is 1. The first-order chi connectivity index (χ1) is 11.2. The molecule has 0 atom stereocenters. The zero-order chi connectivity index (χ0) is 17.6. The Hall–Kier alpha value is -2.84. The molecule has 3 heterocycles. The number of aromatic nitrogens is 3. The van der Waals surface area contributed by atoms with Crippen LogP contribution in [0.1, 0.15) is 42.4 Å². The molecule has 0 spiro atoms. The first-order valence-electron chi connectivity index (χ1n) is 7.53. The zero-order valence-electron chi connectivity index (χ0n) is 13.7. The van der Waals surface area contributed by atoms with Crippen LogP contribution in [0.2, 0.25) is 0 Å². The number of carbonyl (C=O) groups is 2. The van der Waals surface area contributed by atoms with Crippen molar-refractivity contribution >= 4 is 23.5 Å². The summed E-state index contributed by atoms with van der Waals surface area (Å²) in [6, 6.07) is 0. The third-order valence-electron chi connectivity index (χ3n) is 3.65. The maximum atomic E-state index is 12.2. The van der Waals surface area contributed by atoms with E-state index in [9.17, 15) is 14.7 Å². The first-order valence-corrected chi connectivity index (χ1v) is 7.53. The van der Waals surface area contributed by atoms with Crippen LogP contribution in [0.5, 0.6) is 0 Å². The van der Waals surface area contributed by atoms with Crippen LogP contribution in [0.25, 0.3) is 5.65 Å². The normalized spacial score (nSPS) is 14.5. The Balaban J connectivity index is 1.93. The second kappa shape index (κ2) is 5.36. The number of carboxylic acid groups (broad SMARTS) is 1. The van der Waals surface area contributed by atoms with Crippen molar-refractivity contribution in [1.82, 2.24) is 19.5 Å². The van der Waals surface area contributed by atoms with Gasteiger partial charge in [0.1, 0.15) is 11.2 Å². The van der Waals surface area contributed by atoms with Gasteiger partial charge in [-0.3, -0.25) is 0 Å². The van der Waals surface area contributed by atoms with Crippen LogP contribution in [-0.2, 0) is 17.7 Å². The molecule has 128 valence electrons. The molecule has 9 heteroatoms.